The van der Waals surface area contributed by atoms with Crippen molar-refractivity contribution in [1.82, 2.24) is 9.88 Å². The Morgan fingerprint density at radius 1 is 1.04 bits per heavy atom. The second kappa shape index (κ2) is 7.25. The van der Waals surface area contributed by atoms with Crippen LogP contribution in [0.5, 0.6) is 0 Å². The van der Waals surface area contributed by atoms with Crippen LogP contribution in [-0.4, -0.2) is 22.6 Å². The molecule has 3 N–H and O–H groups in total. The summed E-state index contributed by atoms with van der Waals surface area (Å²) in [5.74, 6) is -0.135. The van der Waals surface area contributed by atoms with Gasteiger partial charge < -0.3 is 15.6 Å². The number of amides is 1. The minimum atomic E-state index is -0.471. The summed E-state index contributed by atoms with van der Waals surface area (Å²) in [5.41, 5.74) is 6.71. The standard InChI is InChI=1S/C19H21N3O2.ClH/c1-19(2,12-20)21-17(23)11-22-15-9-5-3-7-13(15)18(24)14-8-4-6-10-16(14)22;/h3-10H,11-12,20H2,1-2H3,(H,21,23);1H. The summed E-state index contributed by atoms with van der Waals surface area (Å²) in [6.45, 7) is 4.24. The molecule has 3 aromatic rings. The largest absolute Gasteiger partial charge is 0.348 e. The smallest absolute Gasteiger partial charge is 0.240 e. The van der Waals surface area contributed by atoms with Crippen LogP contribution in [0.25, 0.3) is 21.8 Å². The van der Waals surface area contributed by atoms with Crippen LogP contribution < -0.4 is 16.5 Å². The van der Waals surface area contributed by atoms with E-state index in [2.05, 4.69) is 5.32 Å². The van der Waals surface area contributed by atoms with E-state index in [0.717, 1.165) is 11.0 Å². The van der Waals surface area contributed by atoms with Crippen molar-refractivity contribution in [2.45, 2.75) is 25.9 Å². The van der Waals surface area contributed by atoms with Crippen molar-refractivity contribution in [2.75, 3.05) is 6.54 Å². The maximum Gasteiger partial charge on any atom is 0.240 e. The number of hydrogen-bond donors (Lipinski definition) is 2. The fraction of sp³-hybridized carbons (Fsp3) is 0.263. The van der Waals surface area contributed by atoms with Crippen LogP contribution in [0, 0.1) is 0 Å². The van der Waals surface area contributed by atoms with Crippen LogP contribution >= 0.6 is 12.4 Å². The van der Waals surface area contributed by atoms with Crippen LogP contribution in [-0.2, 0) is 11.3 Å². The molecule has 3 rings (SSSR count). The third-order valence-electron chi connectivity index (χ3n) is 4.17. The number of aromatic nitrogens is 1. The number of fused-ring (bicyclic) bond motifs is 2. The second-order valence-electron chi connectivity index (χ2n) is 6.59. The zero-order chi connectivity index (χ0) is 17.3. The van der Waals surface area contributed by atoms with Gasteiger partial charge in [-0.05, 0) is 38.1 Å². The second-order valence-corrected chi connectivity index (χ2v) is 6.59. The molecule has 0 saturated heterocycles. The van der Waals surface area contributed by atoms with Gasteiger partial charge in [-0.25, -0.2) is 0 Å². The average Bonchev–Trinajstić information content (AvgIpc) is 2.58. The first-order valence-corrected chi connectivity index (χ1v) is 7.94. The molecule has 0 spiro atoms. The fourth-order valence-electron chi connectivity index (χ4n) is 2.86. The summed E-state index contributed by atoms with van der Waals surface area (Å²) in [7, 11) is 0. The number of hydrogen-bond acceptors (Lipinski definition) is 3. The molecule has 25 heavy (non-hydrogen) atoms. The number of halogens is 1. The zero-order valence-corrected chi connectivity index (χ0v) is 15.1. The van der Waals surface area contributed by atoms with Gasteiger partial charge in [0, 0.05) is 22.9 Å². The van der Waals surface area contributed by atoms with Gasteiger partial charge in [0.25, 0.3) is 0 Å². The Morgan fingerprint density at radius 3 is 2.00 bits per heavy atom. The molecule has 1 amide bonds. The fourth-order valence-corrected chi connectivity index (χ4v) is 2.86. The first-order chi connectivity index (χ1) is 11.4. The number of rotatable bonds is 4. The van der Waals surface area contributed by atoms with Crippen molar-refractivity contribution in [3.8, 4) is 0 Å². The summed E-state index contributed by atoms with van der Waals surface area (Å²) in [6, 6.07) is 14.7. The minimum absolute atomic E-state index is 0. The lowest BCUT2D eigenvalue weighted by molar-refractivity contribution is -0.123. The van der Waals surface area contributed by atoms with Crippen LogP contribution in [0.2, 0.25) is 0 Å². The maximum atomic E-state index is 12.7. The molecule has 2 aromatic carbocycles. The van der Waals surface area contributed by atoms with Crippen LogP contribution in [0.1, 0.15) is 13.8 Å². The molecular formula is C19H22ClN3O2. The first-order valence-electron chi connectivity index (χ1n) is 7.94. The number of pyridine rings is 1. The Bertz CT molecular complexity index is 919. The Balaban J connectivity index is 0.00000225. The zero-order valence-electron chi connectivity index (χ0n) is 14.3. The molecule has 0 radical (unpaired) electrons. The Hall–Kier alpha value is -2.37. The lowest BCUT2D eigenvalue weighted by atomic mass is 10.1. The van der Waals surface area contributed by atoms with Crippen LogP contribution in [0.4, 0.5) is 0 Å². The summed E-state index contributed by atoms with van der Waals surface area (Å²) in [4.78, 5) is 25.2. The van der Waals surface area contributed by atoms with Crippen molar-refractivity contribution < 1.29 is 4.79 Å². The number of carbonyl (C=O) groups excluding carboxylic acids is 1. The molecule has 0 aliphatic rings. The predicted molar refractivity (Wildman–Crippen MR) is 104 cm³/mol. The molecule has 0 fully saturated rings. The summed E-state index contributed by atoms with van der Waals surface area (Å²) < 4.78 is 1.88. The highest BCUT2D eigenvalue weighted by Crippen LogP contribution is 2.19. The molecule has 132 valence electrons. The van der Waals surface area contributed by atoms with Crippen molar-refractivity contribution in [1.29, 1.82) is 0 Å². The highest BCUT2D eigenvalue weighted by atomic mass is 35.5. The highest BCUT2D eigenvalue weighted by Gasteiger charge is 2.19. The van der Waals surface area contributed by atoms with Crippen LogP contribution in [0.15, 0.2) is 53.3 Å². The molecule has 0 aliphatic heterocycles. The van der Waals surface area contributed by atoms with E-state index in [9.17, 15) is 9.59 Å². The molecule has 1 aromatic heterocycles. The summed E-state index contributed by atoms with van der Waals surface area (Å²) in [5, 5.41) is 4.16. The van der Waals surface area contributed by atoms with E-state index in [1.54, 1.807) is 12.1 Å². The van der Waals surface area contributed by atoms with E-state index >= 15 is 0 Å². The number of nitrogens with two attached hydrogens (primary N) is 1. The molecule has 1 heterocycles. The Morgan fingerprint density at radius 2 is 1.52 bits per heavy atom. The summed E-state index contributed by atoms with van der Waals surface area (Å²) >= 11 is 0. The van der Waals surface area contributed by atoms with Crippen molar-refractivity contribution in [3.05, 3.63) is 58.8 Å². The first kappa shape index (κ1) is 19.0. The predicted octanol–water partition coefficient (Wildman–Crippen LogP) is 2.43. The van der Waals surface area contributed by atoms with E-state index in [0.29, 0.717) is 17.3 Å². The van der Waals surface area contributed by atoms with Gasteiger partial charge in [0.1, 0.15) is 6.54 Å². The molecule has 0 atom stereocenters. The molecule has 0 saturated carbocycles. The molecule has 0 aliphatic carbocycles. The van der Waals surface area contributed by atoms with Gasteiger partial charge in [-0.15, -0.1) is 12.4 Å². The van der Waals surface area contributed by atoms with Gasteiger partial charge in [0.2, 0.25) is 5.91 Å². The number of nitrogens with zero attached hydrogens (tertiary/aromatic N) is 1. The SMILES string of the molecule is CC(C)(CN)NC(=O)Cn1c2ccccc2c(=O)c2ccccc21.Cl. The van der Waals surface area contributed by atoms with Gasteiger partial charge >= 0.3 is 0 Å². The lowest BCUT2D eigenvalue weighted by Crippen LogP contribution is -2.49. The van der Waals surface area contributed by atoms with Gasteiger partial charge in [0.15, 0.2) is 5.43 Å². The quantitative estimate of drug-likeness (QED) is 0.702. The van der Waals surface area contributed by atoms with E-state index in [1.165, 1.54) is 0 Å². The molecule has 6 heteroatoms. The normalized spacial score (nSPS) is 11.3. The maximum absolute atomic E-state index is 12.7. The van der Waals surface area contributed by atoms with Crippen LogP contribution in [0.3, 0.4) is 0 Å². The molecule has 0 unspecified atom stereocenters. The highest BCUT2D eigenvalue weighted by molar-refractivity contribution is 5.94. The lowest BCUT2D eigenvalue weighted by Gasteiger charge is -2.25. The van der Waals surface area contributed by atoms with E-state index in [-0.39, 0.29) is 30.3 Å². The van der Waals surface area contributed by atoms with E-state index < -0.39 is 5.54 Å². The van der Waals surface area contributed by atoms with Gasteiger partial charge in [-0.3, -0.25) is 9.59 Å². The van der Waals surface area contributed by atoms with Gasteiger partial charge in [-0.2, -0.15) is 0 Å². The Kier molecular flexibility index (Phi) is 5.50. The molecule has 5 nitrogen and oxygen atoms in total. The Labute approximate surface area is 152 Å². The number of carbonyl (C=O) groups is 1. The number of benzene rings is 2. The van der Waals surface area contributed by atoms with Crippen molar-refractivity contribution >= 4 is 40.1 Å². The van der Waals surface area contributed by atoms with Crippen molar-refractivity contribution in [3.63, 3.8) is 0 Å². The molecular weight excluding hydrogens is 338 g/mol. The third-order valence-corrected chi connectivity index (χ3v) is 4.17. The third kappa shape index (κ3) is 3.67. The number of nitrogens with one attached hydrogen (secondary N) is 1. The van der Waals surface area contributed by atoms with Crippen molar-refractivity contribution in [2.24, 2.45) is 5.73 Å². The minimum Gasteiger partial charge on any atom is -0.348 e. The monoisotopic (exact) mass is 359 g/mol. The van der Waals surface area contributed by atoms with E-state index in [1.807, 2.05) is 54.8 Å². The average molecular weight is 360 g/mol. The molecule has 0 bridgehead atoms. The van der Waals surface area contributed by atoms with Gasteiger partial charge in [0.05, 0.1) is 11.0 Å². The topological polar surface area (TPSA) is 77.1 Å². The van der Waals surface area contributed by atoms with E-state index in [4.69, 9.17) is 5.73 Å². The number of para-hydroxylation sites is 2. The summed E-state index contributed by atoms with van der Waals surface area (Å²) in [6.07, 6.45) is 0. The van der Waals surface area contributed by atoms with Gasteiger partial charge in [-0.1, -0.05) is 24.3 Å².